The molecule has 0 bridgehead atoms. The van der Waals surface area contributed by atoms with Crippen molar-refractivity contribution in [1.29, 1.82) is 0 Å². The number of furan rings is 1. The van der Waals surface area contributed by atoms with E-state index in [9.17, 15) is 4.79 Å². The highest BCUT2D eigenvalue weighted by Gasteiger charge is 2.41. The van der Waals surface area contributed by atoms with E-state index in [1.807, 2.05) is 11.0 Å². The second-order valence-corrected chi connectivity index (χ2v) is 6.87. The molecule has 0 saturated carbocycles. The van der Waals surface area contributed by atoms with Gasteiger partial charge in [-0.2, -0.15) is 0 Å². The minimum atomic E-state index is -0.0899. The fraction of sp³-hybridized carbons (Fsp3) is 0.500. The minimum absolute atomic E-state index is 0.0274. The van der Waals surface area contributed by atoms with Gasteiger partial charge in [-0.25, -0.2) is 9.97 Å². The summed E-state index contributed by atoms with van der Waals surface area (Å²) in [4.78, 5) is 25.6. The fourth-order valence-corrected chi connectivity index (χ4v) is 3.82. The van der Waals surface area contributed by atoms with E-state index in [1.165, 1.54) is 12.5 Å². The number of likely N-dealkylation sites (tertiary alicyclic amines) is 1. The van der Waals surface area contributed by atoms with Crippen molar-refractivity contribution in [3.63, 3.8) is 0 Å². The summed E-state index contributed by atoms with van der Waals surface area (Å²) in [5, 5.41) is 0. The molecule has 7 nitrogen and oxygen atoms in total. The molecular weight excluding hydrogens is 320 g/mol. The average molecular weight is 342 g/mol. The Hall–Kier alpha value is -2.41. The van der Waals surface area contributed by atoms with Crippen molar-refractivity contribution in [2.75, 3.05) is 44.3 Å². The van der Waals surface area contributed by atoms with Crippen LogP contribution in [-0.2, 0) is 4.74 Å². The molecule has 4 rings (SSSR count). The van der Waals surface area contributed by atoms with Crippen LogP contribution in [0.25, 0.3) is 0 Å². The van der Waals surface area contributed by atoms with Crippen LogP contribution >= 0.6 is 0 Å². The van der Waals surface area contributed by atoms with Crippen LogP contribution in [0.3, 0.4) is 0 Å². The Balaban J connectivity index is 1.53. The molecule has 132 valence electrons. The molecule has 2 fully saturated rings. The molecule has 0 N–H and O–H groups in total. The van der Waals surface area contributed by atoms with Gasteiger partial charge in [0.1, 0.15) is 6.26 Å². The highest BCUT2D eigenvalue weighted by Crippen LogP contribution is 2.34. The van der Waals surface area contributed by atoms with Gasteiger partial charge < -0.3 is 19.0 Å². The fourth-order valence-electron chi connectivity index (χ4n) is 3.82. The van der Waals surface area contributed by atoms with E-state index >= 15 is 0 Å². The standard InChI is InChI=1S/C18H22N4O3/c23-16(15-3-9-24-11-15)21-7-1-4-18(12-21)13-22(8-10-25-14-18)17-19-5-2-6-20-17/h2-3,5-6,9,11H,1,4,7-8,10,12-14H2/t18-/m0/s1. The minimum Gasteiger partial charge on any atom is -0.472 e. The van der Waals surface area contributed by atoms with Crippen molar-refractivity contribution in [3.05, 3.63) is 42.6 Å². The number of amides is 1. The summed E-state index contributed by atoms with van der Waals surface area (Å²) in [6.45, 7) is 4.32. The Morgan fingerprint density at radius 2 is 2.08 bits per heavy atom. The van der Waals surface area contributed by atoms with Crippen LogP contribution in [0.4, 0.5) is 5.95 Å². The van der Waals surface area contributed by atoms with Crippen LogP contribution < -0.4 is 4.90 Å². The van der Waals surface area contributed by atoms with Gasteiger partial charge in [0.25, 0.3) is 5.91 Å². The highest BCUT2D eigenvalue weighted by atomic mass is 16.5. The number of ether oxygens (including phenoxy) is 1. The van der Waals surface area contributed by atoms with Crippen molar-refractivity contribution in [1.82, 2.24) is 14.9 Å². The van der Waals surface area contributed by atoms with Crippen LogP contribution in [0.15, 0.2) is 41.5 Å². The first-order valence-corrected chi connectivity index (χ1v) is 8.67. The monoisotopic (exact) mass is 342 g/mol. The molecule has 0 aliphatic carbocycles. The lowest BCUT2D eigenvalue weighted by atomic mass is 9.80. The van der Waals surface area contributed by atoms with E-state index < -0.39 is 0 Å². The van der Waals surface area contributed by atoms with Crippen molar-refractivity contribution < 1.29 is 13.9 Å². The molecule has 2 aromatic rings. The van der Waals surface area contributed by atoms with E-state index in [0.29, 0.717) is 25.3 Å². The first kappa shape index (κ1) is 16.1. The molecule has 2 saturated heterocycles. The van der Waals surface area contributed by atoms with E-state index in [1.54, 1.807) is 18.5 Å². The van der Waals surface area contributed by atoms with Crippen LogP contribution in [0.2, 0.25) is 0 Å². The van der Waals surface area contributed by atoms with Gasteiger partial charge in [0.2, 0.25) is 5.95 Å². The number of carbonyl (C=O) groups excluding carboxylic acids is 1. The third-order valence-electron chi connectivity index (χ3n) is 4.99. The predicted octanol–water partition coefficient (Wildman–Crippen LogP) is 1.83. The lowest BCUT2D eigenvalue weighted by molar-refractivity contribution is 0.0135. The second kappa shape index (κ2) is 6.84. The summed E-state index contributed by atoms with van der Waals surface area (Å²) >= 11 is 0. The van der Waals surface area contributed by atoms with Gasteiger partial charge in [-0.3, -0.25) is 4.79 Å². The lowest BCUT2D eigenvalue weighted by Crippen LogP contribution is -2.52. The Morgan fingerprint density at radius 1 is 1.20 bits per heavy atom. The quantitative estimate of drug-likeness (QED) is 0.829. The summed E-state index contributed by atoms with van der Waals surface area (Å²) in [6, 6.07) is 3.54. The summed E-state index contributed by atoms with van der Waals surface area (Å²) in [5.41, 5.74) is 0.516. The zero-order chi connectivity index (χ0) is 17.1. The highest BCUT2D eigenvalue weighted by molar-refractivity contribution is 5.93. The van der Waals surface area contributed by atoms with E-state index in [4.69, 9.17) is 9.15 Å². The molecule has 1 atom stereocenters. The number of hydrogen-bond donors (Lipinski definition) is 0. The largest absolute Gasteiger partial charge is 0.472 e. The van der Waals surface area contributed by atoms with Crippen LogP contribution in [0.1, 0.15) is 23.2 Å². The smallest absolute Gasteiger partial charge is 0.257 e. The van der Waals surface area contributed by atoms with Crippen LogP contribution in [0.5, 0.6) is 0 Å². The van der Waals surface area contributed by atoms with Gasteiger partial charge in [-0.1, -0.05) is 0 Å². The summed E-state index contributed by atoms with van der Waals surface area (Å²) < 4.78 is 11.0. The zero-order valence-electron chi connectivity index (χ0n) is 14.1. The second-order valence-electron chi connectivity index (χ2n) is 6.87. The third-order valence-corrected chi connectivity index (χ3v) is 4.99. The van der Waals surface area contributed by atoms with E-state index in [0.717, 1.165) is 38.4 Å². The van der Waals surface area contributed by atoms with Crippen LogP contribution in [-0.4, -0.2) is 60.2 Å². The molecule has 0 aromatic carbocycles. The number of anilines is 1. The van der Waals surface area contributed by atoms with Gasteiger partial charge in [0.05, 0.1) is 25.0 Å². The Bertz CT molecular complexity index is 706. The maximum Gasteiger partial charge on any atom is 0.257 e. The molecule has 4 heterocycles. The molecule has 7 heteroatoms. The van der Waals surface area contributed by atoms with Gasteiger partial charge in [0, 0.05) is 44.0 Å². The zero-order valence-corrected chi connectivity index (χ0v) is 14.1. The Morgan fingerprint density at radius 3 is 2.88 bits per heavy atom. The molecule has 25 heavy (non-hydrogen) atoms. The number of aromatic nitrogens is 2. The first-order chi connectivity index (χ1) is 12.3. The Kier molecular flexibility index (Phi) is 4.40. The molecule has 0 radical (unpaired) electrons. The third kappa shape index (κ3) is 3.37. The van der Waals surface area contributed by atoms with E-state index in [-0.39, 0.29) is 11.3 Å². The van der Waals surface area contributed by atoms with Gasteiger partial charge in [-0.15, -0.1) is 0 Å². The molecule has 2 aliphatic rings. The lowest BCUT2D eigenvalue weighted by Gasteiger charge is -2.43. The van der Waals surface area contributed by atoms with Crippen LogP contribution in [0, 0.1) is 5.41 Å². The van der Waals surface area contributed by atoms with Crippen molar-refractivity contribution in [2.45, 2.75) is 12.8 Å². The summed E-state index contributed by atoms with van der Waals surface area (Å²) in [6.07, 6.45) is 8.57. The summed E-state index contributed by atoms with van der Waals surface area (Å²) in [5.74, 6) is 0.755. The van der Waals surface area contributed by atoms with Gasteiger partial charge >= 0.3 is 0 Å². The molecule has 2 aromatic heterocycles. The van der Waals surface area contributed by atoms with Crippen molar-refractivity contribution in [2.24, 2.45) is 5.41 Å². The number of hydrogen-bond acceptors (Lipinski definition) is 6. The summed E-state index contributed by atoms with van der Waals surface area (Å²) in [7, 11) is 0. The maximum atomic E-state index is 12.7. The molecule has 2 aliphatic heterocycles. The van der Waals surface area contributed by atoms with Crippen molar-refractivity contribution in [3.8, 4) is 0 Å². The predicted molar refractivity (Wildman–Crippen MR) is 91.3 cm³/mol. The number of piperidine rings is 1. The molecular formula is C18H22N4O3. The van der Waals surface area contributed by atoms with Gasteiger partial charge in [-0.05, 0) is 25.0 Å². The number of nitrogens with zero attached hydrogens (tertiary/aromatic N) is 4. The SMILES string of the molecule is O=C(c1ccoc1)N1CCC[C@]2(COCCN(c3ncccn3)C2)C1. The molecule has 0 unspecified atom stereocenters. The van der Waals surface area contributed by atoms with Crippen molar-refractivity contribution >= 4 is 11.9 Å². The number of carbonyl (C=O) groups is 1. The molecule has 1 amide bonds. The van der Waals surface area contributed by atoms with Gasteiger partial charge in [0.15, 0.2) is 0 Å². The average Bonchev–Trinajstić information content (AvgIpc) is 3.12. The maximum absolute atomic E-state index is 12.7. The normalized spacial score (nSPS) is 24.3. The van der Waals surface area contributed by atoms with E-state index in [2.05, 4.69) is 14.9 Å². The molecule has 1 spiro atoms. The Labute approximate surface area is 146 Å². The topological polar surface area (TPSA) is 71.7 Å². The number of rotatable bonds is 2. The first-order valence-electron chi connectivity index (χ1n) is 8.67.